The molecule has 0 bridgehead atoms. The zero-order valence-electron chi connectivity index (χ0n) is 23.4. The fraction of sp³-hybridized carbons (Fsp3) is 0.655. The molecule has 0 aliphatic heterocycles. The molecule has 0 amide bonds. The standard InChI is InChI=1S/C29H47Cl2NOSSi/c1-11-25(20(2)34-28(3,4)5)32-26(21-15-17-23(30)18-16-21)27(22-13-12-14-24(31)19-22)33-35(9,10)29(6,7)8/h12-15,17-21,25-27,32H,11,16H2,1-10H3. The van der Waals surface area contributed by atoms with Crippen molar-refractivity contribution in [3.8, 4) is 0 Å². The van der Waals surface area contributed by atoms with Crippen LogP contribution >= 0.6 is 35.0 Å². The molecule has 0 aromatic heterocycles. The predicted octanol–water partition coefficient (Wildman–Crippen LogP) is 9.76. The molecule has 0 spiro atoms. The van der Waals surface area contributed by atoms with Gasteiger partial charge >= 0.3 is 0 Å². The number of thioether (sulfide) groups is 1. The number of nitrogens with one attached hydrogen (secondary N) is 1. The molecule has 0 radical (unpaired) electrons. The topological polar surface area (TPSA) is 21.3 Å². The van der Waals surface area contributed by atoms with Crippen LogP contribution in [-0.4, -0.2) is 30.4 Å². The fourth-order valence-electron chi connectivity index (χ4n) is 4.31. The molecule has 6 heteroatoms. The molecule has 2 nitrogen and oxygen atoms in total. The van der Waals surface area contributed by atoms with E-state index in [1.807, 2.05) is 30.0 Å². The van der Waals surface area contributed by atoms with E-state index in [4.69, 9.17) is 27.6 Å². The zero-order chi connectivity index (χ0) is 26.6. The molecular weight excluding hydrogens is 509 g/mol. The minimum absolute atomic E-state index is 0.0906. The summed E-state index contributed by atoms with van der Waals surface area (Å²) < 4.78 is 7.44. The lowest BCUT2D eigenvalue weighted by Gasteiger charge is -2.45. The minimum atomic E-state index is -2.09. The highest BCUT2D eigenvalue weighted by atomic mass is 35.5. The van der Waals surface area contributed by atoms with Gasteiger partial charge in [0.2, 0.25) is 0 Å². The van der Waals surface area contributed by atoms with Crippen molar-refractivity contribution in [2.75, 3.05) is 0 Å². The van der Waals surface area contributed by atoms with E-state index in [1.165, 1.54) is 0 Å². The Bertz CT molecular complexity index is 887. The maximum atomic E-state index is 7.24. The van der Waals surface area contributed by atoms with Gasteiger partial charge in [0.1, 0.15) is 0 Å². The smallest absolute Gasteiger partial charge is 0.192 e. The first kappa shape index (κ1) is 31.0. The second kappa shape index (κ2) is 12.5. The van der Waals surface area contributed by atoms with Gasteiger partial charge in [-0.1, -0.05) is 103 Å². The van der Waals surface area contributed by atoms with E-state index < -0.39 is 8.32 Å². The van der Waals surface area contributed by atoms with Crippen molar-refractivity contribution < 1.29 is 4.43 Å². The SMILES string of the molecule is CCC(NC(C1C=CC(Cl)=CC1)C(O[Si](C)(C)C(C)(C)C)c1cccc(Cl)c1)C(C)SC(C)(C)C. The molecule has 0 heterocycles. The van der Waals surface area contributed by atoms with E-state index in [9.17, 15) is 0 Å². The quantitative estimate of drug-likeness (QED) is 0.290. The lowest BCUT2D eigenvalue weighted by Crippen LogP contribution is -2.53. The number of halogens is 2. The molecule has 5 unspecified atom stereocenters. The van der Waals surface area contributed by atoms with Gasteiger partial charge in [-0.05, 0) is 60.7 Å². The molecule has 2 rings (SSSR count). The Hall–Kier alpha value is -0.233. The van der Waals surface area contributed by atoms with Crippen LogP contribution in [-0.2, 0) is 4.43 Å². The van der Waals surface area contributed by atoms with E-state index in [0.29, 0.717) is 11.3 Å². The van der Waals surface area contributed by atoms with Gasteiger partial charge in [0.05, 0.1) is 6.10 Å². The van der Waals surface area contributed by atoms with E-state index in [1.54, 1.807) is 0 Å². The Morgan fingerprint density at radius 1 is 1.14 bits per heavy atom. The second-order valence-corrected chi connectivity index (χ2v) is 20.2. The van der Waals surface area contributed by atoms with Gasteiger partial charge in [0, 0.05) is 32.1 Å². The van der Waals surface area contributed by atoms with Gasteiger partial charge in [-0.2, -0.15) is 11.8 Å². The predicted molar refractivity (Wildman–Crippen MR) is 161 cm³/mol. The number of hydrogen-bond acceptors (Lipinski definition) is 3. The molecule has 35 heavy (non-hydrogen) atoms. The lowest BCUT2D eigenvalue weighted by molar-refractivity contribution is 0.108. The van der Waals surface area contributed by atoms with Gasteiger partial charge in [0.15, 0.2) is 8.32 Å². The Morgan fingerprint density at radius 2 is 1.80 bits per heavy atom. The zero-order valence-corrected chi connectivity index (χ0v) is 26.7. The van der Waals surface area contributed by atoms with Crippen molar-refractivity contribution in [3.63, 3.8) is 0 Å². The highest BCUT2D eigenvalue weighted by Crippen LogP contribution is 2.43. The van der Waals surface area contributed by atoms with Crippen LogP contribution in [0.2, 0.25) is 23.2 Å². The van der Waals surface area contributed by atoms with Crippen molar-refractivity contribution in [1.82, 2.24) is 5.32 Å². The Morgan fingerprint density at radius 3 is 2.29 bits per heavy atom. The van der Waals surface area contributed by atoms with Crippen molar-refractivity contribution >= 4 is 43.3 Å². The third-order valence-electron chi connectivity index (χ3n) is 7.23. The highest BCUT2D eigenvalue weighted by Gasteiger charge is 2.43. The van der Waals surface area contributed by atoms with Gasteiger partial charge in [-0.15, -0.1) is 0 Å². The molecule has 0 saturated heterocycles. The number of rotatable bonds is 10. The lowest BCUT2D eigenvalue weighted by atomic mass is 9.85. The summed E-state index contributed by atoms with van der Waals surface area (Å²) in [5.74, 6) is 0.270. The van der Waals surface area contributed by atoms with E-state index in [0.717, 1.165) is 28.5 Å². The van der Waals surface area contributed by atoms with Crippen LogP contribution in [0.15, 0.2) is 47.5 Å². The monoisotopic (exact) mass is 555 g/mol. The first-order valence-electron chi connectivity index (χ1n) is 12.9. The summed E-state index contributed by atoms with van der Waals surface area (Å²) in [5.41, 5.74) is 1.14. The summed E-state index contributed by atoms with van der Waals surface area (Å²) >= 11 is 14.9. The summed E-state index contributed by atoms with van der Waals surface area (Å²) in [7, 11) is -2.09. The van der Waals surface area contributed by atoms with Crippen LogP contribution in [0, 0.1) is 5.92 Å². The number of benzene rings is 1. The van der Waals surface area contributed by atoms with Crippen molar-refractivity contribution in [2.45, 2.75) is 115 Å². The Balaban J connectivity index is 2.55. The van der Waals surface area contributed by atoms with Crippen molar-refractivity contribution in [3.05, 3.63) is 58.1 Å². The van der Waals surface area contributed by atoms with Crippen LogP contribution < -0.4 is 5.32 Å². The van der Waals surface area contributed by atoms with Crippen LogP contribution in [0.25, 0.3) is 0 Å². The molecule has 1 aromatic rings. The molecule has 1 N–H and O–H groups in total. The van der Waals surface area contributed by atoms with Crippen LogP contribution in [0.4, 0.5) is 0 Å². The molecule has 198 valence electrons. The van der Waals surface area contributed by atoms with Gasteiger partial charge in [-0.25, -0.2) is 0 Å². The molecule has 1 aromatic carbocycles. The van der Waals surface area contributed by atoms with Crippen molar-refractivity contribution in [1.29, 1.82) is 0 Å². The molecule has 1 aliphatic rings. The van der Waals surface area contributed by atoms with E-state index in [2.05, 4.69) is 98.1 Å². The van der Waals surface area contributed by atoms with Crippen LogP contribution in [0.5, 0.6) is 0 Å². The van der Waals surface area contributed by atoms with Gasteiger partial charge in [-0.3, -0.25) is 0 Å². The fourth-order valence-corrected chi connectivity index (χ4v) is 7.49. The highest BCUT2D eigenvalue weighted by molar-refractivity contribution is 8.01. The number of allylic oxidation sites excluding steroid dienone is 3. The maximum absolute atomic E-state index is 7.24. The average Bonchev–Trinajstić information content (AvgIpc) is 2.72. The Labute approximate surface area is 230 Å². The second-order valence-electron chi connectivity index (χ2n) is 12.3. The summed E-state index contributed by atoms with van der Waals surface area (Å²) in [6.45, 7) is 23.1. The van der Waals surface area contributed by atoms with E-state index in [-0.39, 0.29) is 27.8 Å². The number of hydrogen-bond donors (Lipinski definition) is 1. The van der Waals surface area contributed by atoms with Crippen molar-refractivity contribution in [2.24, 2.45) is 5.92 Å². The first-order valence-corrected chi connectivity index (χ1v) is 17.5. The summed E-state index contributed by atoms with van der Waals surface area (Å²) in [6, 6.07) is 8.67. The molecule has 5 atom stereocenters. The largest absolute Gasteiger partial charge is 0.408 e. The molecule has 1 aliphatic carbocycles. The van der Waals surface area contributed by atoms with Gasteiger partial charge < -0.3 is 9.74 Å². The molecular formula is C29H47Cl2NOSSi. The summed E-state index contributed by atoms with van der Waals surface area (Å²) in [6.07, 6.45) is 8.27. The van der Waals surface area contributed by atoms with Crippen LogP contribution in [0.3, 0.4) is 0 Å². The van der Waals surface area contributed by atoms with Crippen LogP contribution in [0.1, 0.15) is 79.9 Å². The maximum Gasteiger partial charge on any atom is 0.192 e. The molecule has 0 fully saturated rings. The minimum Gasteiger partial charge on any atom is -0.408 e. The summed E-state index contributed by atoms with van der Waals surface area (Å²) in [5, 5.41) is 6.23. The average molecular weight is 557 g/mol. The summed E-state index contributed by atoms with van der Waals surface area (Å²) in [4.78, 5) is 0. The van der Waals surface area contributed by atoms with Gasteiger partial charge in [0.25, 0.3) is 0 Å². The third-order valence-corrected chi connectivity index (χ3v) is 13.6. The van der Waals surface area contributed by atoms with E-state index >= 15 is 0 Å². The Kier molecular flexibility index (Phi) is 11.1. The third kappa shape index (κ3) is 9.23. The normalized spacial score (nSPS) is 20.8. The first-order chi connectivity index (χ1) is 16.0. The molecule has 0 saturated carbocycles.